The summed E-state index contributed by atoms with van der Waals surface area (Å²) in [6.07, 6.45) is -0.306. The van der Waals surface area contributed by atoms with Gasteiger partial charge in [0.05, 0.1) is 17.6 Å². The van der Waals surface area contributed by atoms with Gasteiger partial charge < -0.3 is 20.2 Å². The van der Waals surface area contributed by atoms with E-state index in [0.29, 0.717) is 31.0 Å². The van der Waals surface area contributed by atoms with Gasteiger partial charge in [0, 0.05) is 43.2 Å². The molecule has 1 aliphatic rings. The summed E-state index contributed by atoms with van der Waals surface area (Å²) in [5.41, 5.74) is 0.724. The van der Waals surface area contributed by atoms with Gasteiger partial charge in [-0.3, -0.25) is 10.1 Å². The van der Waals surface area contributed by atoms with Crippen molar-refractivity contribution in [2.75, 3.05) is 19.6 Å². The number of nitro benzene ring substituents is 1. The van der Waals surface area contributed by atoms with E-state index >= 15 is 0 Å². The van der Waals surface area contributed by atoms with Crippen molar-refractivity contribution in [2.45, 2.75) is 12.6 Å². The molecule has 1 saturated heterocycles. The molecule has 3 N–H and O–H groups in total. The second kappa shape index (κ2) is 6.91. The van der Waals surface area contributed by atoms with E-state index in [2.05, 4.69) is 10.6 Å². The molecule has 1 aromatic carbocycles. The molecule has 2 aromatic rings. The van der Waals surface area contributed by atoms with Crippen LogP contribution in [0.3, 0.4) is 0 Å². The average molecular weight is 317 g/mol. The van der Waals surface area contributed by atoms with Crippen LogP contribution < -0.4 is 10.6 Å². The molecule has 2 unspecified atom stereocenters. The quantitative estimate of drug-likeness (QED) is 0.552. The molecule has 1 aliphatic heterocycles. The third-order valence-corrected chi connectivity index (χ3v) is 4.01. The summed E-state index contributed by atoms with van der Waals surface area (Å²) in [4.78, 5) is 10.4. The van der Waals surface area contributed by atoms with Crippen LogP contribution in [0.2, 0.25) is 0 Å². The molecule has 7 heteroatoms. The van der Waals surface area contributed by atoms with E-state index in [9.17, 15) is 15.2 Å². The maximum Gasteiger partial charge on any atom is 0.270 e. The first kappa shape index (κ1) is 15.7. The summed E-state index contributed by atoms with van der Waals surface area (Å²) in [5, 5.41) is 27.0. The van der Waals surface area contributed by atoms with Crippen molar-refractivity contribution in [2.24, 2.45) is 5.92 Å². The van der Waals surface area contributed by atoms with Gasteiger partial charge in [-0.15, -0.1) is 0 Å². The van der Waals surface area contributed by atoms with Crippen LogP contribution in [0.25, 0.3) is 11.3 Å². The predicted molar refractivity (Wildman–Crippen MR) is 84.9 cm³/mol. The molecule has 7 nitrogen and oxygen atoms in total. The number of aliphatic hydroxyl groups excluding tert-OH is 1. The number of hydrogen-bond acceptors (Lipinski definition) is 6. The van der Waals surface area contributed by atoms with E-state index < -0.39 is 4.92 Å². The van der Waals surface area contributed by atoms with Gasteiger partial charge in [-0.2, -0.15) is 0 Å². The Hall–Kier alpha value is -2.22. The Kier molecular flexibility index (Phi) is 4.71. The fourth-order valence-corrected chi connectivity index (χ4v) is 2.71. The third-order valence-electron chi connectivity index (χ3n) is 4.01. The molecule has 1 aromatic heterocycles. The fourth-order valence-electron chi connectivity index (χ4n) is 2.71. The number of furan rings is 1. The van der Waals surface area contributed by atoms with Crippen LogP contribution in [0.1, 0.15) is 5.76 Å². The molecular formula is C16H19N3O4. The molecule has 0 aliphatic carbocycles. The zero-order valence-corrected chi connectivity index (χ0v) is 12.6. The molecule has 2 heterocycles. The zero-order valence-electron chi connectivity index (χ0n) is 12.6. The summed E-state index contributed by atoms with van der Waals surface area (Å²) >= 11 is 0. The van der Waals surface area contributed by atoms with Gasteiger partial charge >= 0.3 is 0 Å². The van der Waals surface area contributed by atoms with E-state index in [1.54, 1.807) is 12.1 Å². The molecule has 23 heavy (non-hydrogen) atoms. The highest BCUT2D eigenvalue weighted by atomic mass is 16.6. The van der Waals surface area contributed by atoms with Crippen molar-refractivity contribution >= 4 is 5.69 Å². The largest absolute Gasteiger partial charge is 0.460 e. The lowest BCUT2D eigenvalue weighted by molar-refractivity contribution is -0.384. The second-order valence-corrected chi connectivity index (χ2v) is 5.69. The Morgan fingerprint density at radius 1 is 1.35 bits per heavy atom. The predicted octanol–water partition coefficient (Wildman–Crippen LogP) is 1.52. The highest BCUT2D eigenvalue weighted by Crippen LogP contribution is 2.25. The molecule has 2 atom stereocenters. The Labute approximate surface area is 133 Å². The maximum atomic E-state index is 10.8. The number of aliphatic hydroxyl groups is 1. The monoisotopic (exact) mass is 317 g/mol. The molecule has 0 amide bonds. The lowest BCUT2D eigenvalue weighted by Gasteiger charge is -2.13. The molecule has 0 bridgehead atoms. The average Bonchev–Trinajstić information content (AvgIpc) is 3.17. The van der Waals surface area contributed by atoms with Crippen LogP contribution in [0.5, 0.6) is 0 Å². The smallest absolute Gasteiger partial charge is 0.270 e. The van der Waals surface area contributed by atoms with E-state index in [1.165, 1.54) is 12.1 Å². The van der Waals surface area contributed by atoms with Gasteiger partial charge in [-0.25, -0.2) is 0 Å². The van der Waals surface area contributed by atoms with Crippen molar-refractivity contribution in [1.82, 2.24) is 10.6 Å². The normalized spacial score (nSPS) is 20.7. The molecule has 0 saturated carbocycles. The Bertz CT molecular complexity index is 685. The van der Waals surface area contributed by atoms with Crippen molar-refractivity contribution in [3.05, 3.63) is 52.3 Å². The van der Waals surface area contributed by atoms with Gasteiger partial charge in [-0.1, -0.05) is 12.1 Å². The Morgan fingerprint density at radius 3 is 2.96 bits per heavy atom. The standard InChI is InChI=1S/C16H19N3O4/c20-15-10-18-8-12(15)7-17-9-14-4-5-16(23-14)11-2-1-3-13(6-11)19(21)22/h1-6,12,15,17-18,20H,7-10H2. The number of rotatable bonds is 6. The van der Waals surface area contributed by atoms with E-state index in [1.807, 2.05) is 12.1 Å². The van der Waals surface area contributed by atoms with E-state index in [-0.39, 0.29) is 17.7 Å². The van der Waals surface area contributed by atoms with Gasteiger partial charge in [-0.05, 0) is 12.1 Å². The Morgan fingerprint density at radius 2 is 2.22 bits per heavy atom. The topological polar surface area (TPSA) is 101 Å². The number of hydrogen-bond donors (Lipinski definition) is 3. The number of non-ortho nitro benzene ring substituents is 1. The number of benzene rings is 1. The molecular weight excluding hydrogens is 298 g/mol. The minimum Gasteiger partial charge on any atom is -0.460 e. The minimum atomic E-state index is -0.421. The first-order valence-electron chi connectivity index (χ1n) is 7.56. The van der Waals surface area contributed by atoms with Crippen LogP contribution in [-0.4, -0.2) is 35.8 Å². The van der Waals surface area contributed by atoms with Crippen LogP contribution in [-0.2, 0) is 6.54 Å². The first-order chi connectivity index (χ1) is 11.1. The van der Waals surface area contributed by atoms with Crippen molar-refractivity contribution in [3.8, 4) is 11.3 Å². The summed E-state index contributed by atoms with van der Waals surface area (Å²) in [6, 6.07) is 10.0. The van der Waals surface area contributed by atoms with Crippen molar-refractivity contribution in [1.29, 1.82) is 0 Å². The van der Waals surface area contributed by atoms with Crippen LogP contribution >= 0.6 is 0 Å². The van der Waals surface area contributed by atoms with Gasteiger partial charge in [0.1, 0.15) is 11.5 Å². The van der Waals surface area contributed by atoms with E-state index in [0.717, 1.165) is 12.3 Å². The highest BCUT2D eigenvalue weighted by Gasteiger charge is 2.24. The van der Waals surface area contributed by atoms with Crippen molar-refractivity contribution in [3.63, 3.8) is 0 Å². The second-order valence-electron chi connectivity index (χ2n) is 5.69. The summed E-state index contributed by atoms with van der Waals surface area (Å²) in [5.74, 6) is 1.57. The number of nitro groups is 1. The molecule has 0 radical (unpaired) electrons. The molecule has 0 spiro atoms. The van der Waals surface area contributed by atoms with Crippen molar-refractivity contribution < 1.29 is 14.4 Å². The summed E-state index contributed by atoms with van der Waals surface area (Å²) in [6.45, 7) is 2.72. The Balaban J connectivity index is 1.59. The van der Waals surface area contributed by atoms with Crippen LogP contribution in [0.4, 0.5) is 5.69 Å². The molecule has 3 rings (SSSR count). The lowest BCUT2D eigenvalue weighted by Crippen LogP contribution is -2.30. The van der Waals surface area contributed by atoms with Gasteiger partial charge in [0.25, 0.3) is 5.69 Å². The number of nitrogens with zero attached hydrogens (tertiary/aromatic N) is 1. The SMILES string of the molecule is O=[N+]([O-])c1cccc(-c2ccc(CNCC3CNCC3O)o2)c1. The fraction of sp³-hybridized carbons (Fsp3) is 0.375. The summed E-state index contributed by atoms with van der Waals surface area (Å²) in [7, 11) is 0. The first-order valence-corrected chi connectivity index (χ1v) is 7.56. The maximum absolute atomic E-state index is 10.8. The molecule has 1 fully saturated rings. The molecule has 122 valence electrons. The van der Waals surface area contributed by atoms with Crippen LogP contribution in [0, 0.1) is 16.0 Å². The minimum absolute atomic E-state index is 0.0429. The lowest BCUT2D eigenvalue weighted by atomic mass is 10.1. The van der Waals surface area contributed by atoms with Gasteiger partial charge in [0.2, 0.25) is 0 Å². The number of β-amino-alcohol motifs (C(OH)–C–C–N with tert-alkyl or cyclic N) is 1. The number of nitrogens with one attached hydrogen (secondary N) is 2. The van der Waals surface area contributed by atoms with Crippen LogP contribution in [0.15, 0.2) is 40.8 Å². The highest BCUT2D eigenvalue weighted by molar-refractivity contribution is 5.61. The summed E-state index contributed by atoms with van der Waals surface area (Å²) < 4.78 is 5.73. The van der Waals surface area contributed by atoms with Gasteiger partial charge in [0.15, 0.2) is 0 Å². The third kappa shape index (κ3) is 3.76. The zero-order chi connectivity index (χ0) is 16.2. The van der Waals surface area contributed by atoms with E-state index in [4.69, 9.17) is 4.42 Å².